The van der Waals surface area contributed by atoms with Gasteiger partial charge in [0.1, 0.15) is 5.75 Å². The van der Waals surface area contributed by atoms with Crippen LogP contribution in [0.1, 0.15) is 34.8 Å². The quantitative estimate of drug-likeness (QED) is 0.384. The highest BCUT2D eigenvalue weighted by Gasteiger charge is 2.28. The van der Waals surface area contributed by atoms with Crippen molar-refractivity contribution in [1.82, 2.24) is 9.97 Å². The Kier molecular flexibility index (Phi) is 6.79. The molecule has 1 aromatic heterocycles. The molecule has 0 amide bonds. The maximum atomic E-state index is 12.3. The van der Waals surface area contributed by atoms with E-state index in [-0.39, 0.29) is 5.75 Å². The predicted molar refractivity (Wildman–Crippen MR) is 104 cm³/mol. The Bertz CT molecular complexity index is 971. The summed E-state index contributed by atoms with van der Waals surface area (Å²) in [6.45, 7) is 1.48. The van der Waals surface area contributed by atoms with Crippen molar-refractivity contribution in [3.05, 3.63) is 77.6 Å². The van der Waals surface area contributed by atoms with Crippen molar-refractivity contribution in [2.75, 3.05) is 0 Å². The number of carbonyl (C=O) groups excluding carboxylic acids is 1. The molecule has 0 N–H and O–H groups in total. The Morgan fingerprint density at radius 1 is 0.933 bits per heavy atom. The molecule has 0 bridgehead atoms. The van der Waals surface area contributed by atoms with Crippen LogP contribution in [0.5, 0.6) is 5.75 Å². The number of ether oxygens (including phenoxy) is 2. The van der Waals surface area contributed by atoms with Crippen LogP contribution in [-0.2, 0) is 17.8 Å². The Balaban J connectivity index is 1.60. The molecule has 3 aromatic rings. The minimum Gasteiger partial charge on any atom is -0.423 e. The molecule has 0 saturated carbocycles. The summed E-state index contributed by atoms with van der Waals surface area (Å²) >= 11 is 0. The zero-order valence-electron chi connectivity index (χ0n) is 16.1. The minimum atomic E-state index is -4.69. The van der Waals surface area contributed by atoms with Crippen molar-refractivity contribution >= 4 is 5.97 Å². The maximum Gasteiger partial charge on any atom is 0.522 e. The van der Waals surface area contributed by atoms with Gasteiger partial charge in [-0.2, -0.15) is 0 Å². The van der Waals surface area contributed by atoms with Gasteiger partial charge in [-0.3, -0.25) is 4.74 Å². The monoisotopic (exact) mass is 416 g/mol. The van der Waals surface area contributed by atoms with E-state index in [0.717, 1.165) is 24.0 Å². The Morgan fingerprint density at radius 3 is 2.13 bits per heavy atom. The number of esters is 1. The van der Waals surface area contributed by atoms with E-state index in [2.05, 4.69) is 21.6 Å². The van der Waals surface area contributed by atoms with E-state index in [0.29, 0.717) is 17.0 Å². The molecule has 0 aliphatic heterocycles. The molecule has 0 fully saturated rings. The number of aryl methyl sites for hydroxylation is 1. The van der Waals surface area contributed by atoms with Gasteiger partial charge < -0.3 is 4.74 Å². The summed E-state index contributed by atoms with van der Waals surface area (Å²) < 4.78 is 45.2. The highest BCUT2D eigenvalue weighted by Crippen LogP contribution is 2.21. The molecule has 30 heavy (non-hydrogen) atoms. The average molecular weight is 416 g/mol. The number of carbonyl (C=O) groups is 1. The molecule has 5 nitrogen and oxygen atoms in total. The number of aromatic nitrogens is 2. The number of halogens is 3. The lowest BCUT2D eigenvalue weighted by Gasteiger charge is -2.08. The molecule has 0 atom stereocenters. The summed E-state index contributed by atoms with van der Waals surface area (Å²) in [5.41, 5.74) is 2.47. The fourth-order valence-electron chi connectivity index (χ4n) is 2.66. The van der Waals surface area contributed by atoms with Crippen LogP contribution in [-0.4, -0.2) is 22.3 Å². The van der Waals surface area contributed by atoms with E-state index >= 15 is 0 Å². The zero-order chi connectivity index (χ0) is 21.6. The number of hydrogen-bond acceptors (Lipinski definition) is 5. The summed E-state index contributed by atoms with van der Waals surface area (Å²) in [4.78, 5) is 21.0. The summed E-state index contributed by atoms with van der Waals surface area (Å²) in [7, 11) is 0. The predicted octanol–water partition coefficient (Wildman–Crippen LogP) is 5.35. The van der Waals surface area contributed by atoms with E-state index < -0.39 is 18.9 Å². The highest BCUT2D eigenvalue weighted by molar-refractivity contribution is 5.91. The summed E-state index contributed by atoms with van der Waals surface area (Å²) in [5.74, 6) is 0.196. The van der Waals surface area contributed by atoms with E-state index in [1.807, 2.05) is 0 Å². The molecule has 156 valence electrons. The van der Waals surface area contributed by atoms with Crippen LogP contribution in [0.2, 0.25) is 0 Å². The fourth-order valence-corrected chi connectivity index (χ4v) is 2.66. The van der Waals surface area contributed by atoms with Gasteiger partial charge in [-0.15, -0.1) is 13.2 Å². The molecule has 1 heterocycles. The van der Waals surface area contributed by atoms with Crippen LogP contribution < -0.4 is 4.74 Å². The van der Waals surface area contributed by atoms with E-state index in [4.69, 9.17) is 4.74 Å². The second kappa shape index (κ2) is 9.49. The van der Waals surface area contributed by atoms with Crippen LogP contribution in [0.25, 0.3) is 11.4 Å². The van der Waals surface area contributed by atoms with Crippen LogP contribution >= 0.6 is 0 Å². The molecule has 0 radical (unpaired) electrons. The second-order valence-electron chi connectivity index (χ2n) is 6.51. The lowest BCUT2D eigenvalue weighted by atomic mass is 10.1. The smallest absolute Gasteiger partial charge is 0.423 e. The zero-order valence-corrected chi connectivity index (χ0v) is 16.1. The van der Waals surface area contributed by atoms with Crippen molar-refractivity contribution in [1.29, 1.82) is 0 Å². The Hall–Kier alpha value is -3.26. The third-order valence-corrected chi connectivity index (χ3v) is 4.16. The number of rotatable bonds is 7. The largest absolute Gasteiger partial charge is 0.522 e. The summed E-state index contributed by atoms with van der Waals surface area (Å²) in [5, 5.41) is 0. The molecular formula is C22H19F3N2O3. The van der Waals surface area contributed by atoms with E-state index in [1.165, 1.54) is 24.3 Å². The second-order valence-corrected chi connectivity index (χ2v) is 6.51. The molecule has 0 saturated heterocycles. The molecule has 2 aromatic carbocycles. The minimum absolute atomic E-state index is 0.217. The lowest BCUT2D eigenvalue weighted by molar-refractivity contribution is -0.330. The Morgan fingerprint density at radius 2 is 1.57 bits per heavy atom. The topological polar surface area (TPSA) is 61.3 Å². The normalized spacial score (nSPS) is 11.3. The van der Waals surface area contributed by atoms with Crippen LogP contribution in [0, 0.1) is 0 Å². The van der Waals surface area contributed by atoms with Gasteiger partial charge in [0.05, 0.1) is 12.2 Å². The van der Waals surface area contributed by atoms with Crippen LogP contribution in [0.15, 0.2) is 60.9 Å². The molecule has 3 rings (SSSR count). The standard InChI is InChI=1S/C22H19F3N2O3/c1-2-3-16-12-26-20(27-13-16)17-6-8-18(9-7-17)21(28)30-19-10-4-15(5-11-19)14-29-22(23,24)25/h4-13H,2-3,14H2,1H3. The van der Waals surface area contributed by atoms with Gasteiger partial charge in [0, 0.05) is 18.0 Å². The fraction of sp³-hybridized carbons (Fsp3) is 0.227. The number of hydrogen-bond donors (Lipinski definition) is 0. The van der Waals surface area contributed by atoms with Crippen molar-refractivity contribution in [2.45, 2.75) is 32.7 Å². The van der Waals surface area contributed by atoms with Gasteiger partial charge >= 0.3 is 12.3 Å². The molecule has 0 aliphatic carbocycles. The first-order chi connectivity index (χ1) is 14.3. The Labute approximate surface area is 171 Å². The van der Waals surface area contributed by atoms with Crippen molar-refractivity contribution in [3.63, 3.8) is 0 Å². The van der Waals surface area contributed by atoms with Crippen molar-refractivity contribution in [2.24, 2.45) is 0 Å². The van der Waals surface area contributed by atoms with Crippen LogP contribution in [0.3, 0.4) is 0 Å². The summed E-state index contributed by atoms with van der Waals surface area (Å²) in [6, 6.07) is 12.3. The van der Waals surface area contributed by atoms with E-state index in [9.17, 15) is 18.0 Å². The molecule has 0 unspecified atom stereocenters. The number of nitrogens with zero attached hydrogens (tertiary/aromatic N) is 2. The first kappa shape index (κ1) is 21.4. The van der Waals surface area contributed by atoms with Gasteiger partial charge in [-0.25, -0.2) is 14.8 Å². The van der Waals surface area contributed by atoms with Gasteiger partial charge in [-0.05, 0) is 41.8 Å². The van der Waals surface area contributed by atoms with Gasteiger partial charge in [0.15, 0.2) is 5.82 Å². The molecule has 0 aliphatic rings. The average Bonchev–Trinajstić information content (AvgIpc) is 2.74. The third kappa shape index (κ3) is 6.12. The van der Waals surface area contributed by atoms with Crippen LogP contribution in [0.4, 0.5) is 13.2 Å². The van der Waals surface area contributed by atoms with E-state index in [1.54, 1.807) is 36.7 Å². The first-order valence-corrected chi connectivity index (χ1v) is 9.27. The van der Waals surface area contributed by atoms with Crippen molar-refractivity contribution < 1.29 is 27.4 Å². The third-order valence-electron chi connectivity index (χ3n) is 4.16. The number of benzene rings is 2. The van der Waals surface area contributed by atoms with Gasteiger partial charge in [0.2, 0.25) is 0 Å². The summed E-state index contributed by atoms with van der Waals surface area (Å²) in [6.07, 6.45) is 0.819. The molecule has 0 spiro atoms. The first-order valence-electron chi connectivity index (χ1n) is 9.27. The number of alkyl halides is 3. The molecular weight excluding hydrogens is 397 g/mol. The lowest BCUT2D eigenvalue weighted by Crippen LogP contribution is -2.13. The maximum absolute atomic E-state index is 12.3. The van der Waals surface area contributed by atoms with Crippen molar-refractivity contribution in [3.8, 4) is 17.1 Å². The highest BCUT2D eigenvalue weighted by atomic mass is 19.4. The van der Waals surface area contributed by atoms with Gasteiger partial charge in [-0.1, -0.05) is 37.6 Å². The molecule has 8 heteroatoms. The van der Waals surface area contributed by atoms with Gasteiger partial charge in [0.25, 0.3) is 0 Å². The SMILES string of the molecule is CCCc1cnc(-c2ccc(C(=O)Oc3ccc(COC(F)(F)F)cc3)cc2)nc1.